The van der Waals surface area contributed by atoms with E-state index in [1.54, 1.807) is 13.8 Å². The number of hydrogen-bond donors (Lipinski definition) is 1. The second-order valence-electron chi connectivity index (χ2n) is 2.23. The summed E-state index contributed by atoms with van der Waals surface area (Å²) in [4.78, 5) is 0. The molecule has 0 radical (unpaired) electrons. The van der Waals surface area contributed by atoms with Crippen molar-refractivity contribution in [1.29, 1.82) is 4.78 Å². The maximum Gasteiger partial charge on any atom is 0.152 e. The first kappa shape index (κ1) is 10.9. The molecule has 1 atom stereocenters. The summed E-state index contributed by atoms with van der Waals surface area (Å²) in [5, 5.41) is 0. The predicted molar refractivity (Wildman–Crippen MR) is 48.4 cm³/mol. The van der Waals surface area contributed by atoms with Crippen LogP contribution in [0.25, 0.3) is 0 Å². The van der Waals surface area contributed by atoms with Crippen molar-refractivity contribution in [2.24, 2.45) is 3.77 Å². The quantitative estimate of drug-likeness (QED) is 0.737. The van der Waals surface area contributed by atoms with Crippen molar-refractivity contribution >= 4 is 19.6 Å². The van der Waals surface area contributed by atoms with Crippen LogP contribution in [0.5, 0.6) is 0 Å². The van der Waals surface area contributed by atoms with Crippen molar-refractivity contribution in [3.63, 3.8) is 0 Å². The molecule has 0 spiro atoms. The van der Waals surface area contributed by atoms with Crippen molar-refractivity contribution in [3.8, 4) is 0 Å². The first-order chi connectivity index (χ1) is 4.83. The van der Waals surface area contributed by atoms with Crippen LogP contribution in [0.15, 0.2) is 3.77 Å². The second-order valence-corrected chi connectivity index (χ2v) is 7.13. The van der Waals surface area contributed by atoms with Crippen LogP contribution in [0.2, 0.25) is 0 Å². The van der Waals surface area contributed by atoms with Crippen LogP contribution in [0, 0.1) is 4.78 Å². The van der Waals surface area contributed by atoms with Gasteiger partial charge in [0.2, 0.25) is 0 Å². The van der Waals surface area contributed by atoms with Gasteiger partial charge in [-0.1, -0.05) is 13.8 Å². The van der Waals surface area contributed by atoms with Gasteiger partial charge in [-0.05, 0) is 0 Å². The number of nitrogens with one attached hydrogen (secondary N) is 1. The van der Waals surface area contributed by atoms with Gasteiger partial charge in [0.15, 0.2) is 9.92 Å². The molecule has 1 N–H and O–H groups in total. The van der Waals surface area contributed by atoms with Gasteiger partial charge in [0.25, 0.3) is 0 Å². The minimum Gasteiger partial charge on any atom is -0.249 e. The Morgan fingerprint density at radius 3 is 1.73 bits per heavy atom. The van der Waals surface area contributed by atoms with Gasteiger partial charge < -0.3 is 0 Å². The molecule has 0 aliphatic carbocycles. The summed E-state index contributed by atoms with van der Waals surface area (Å²) < 4.78 is 32.8. The molecule has 0 aliphatic heterocycles. The van der Waals surface area contributed by atoms with Gasteiger partial charge in [-0.2, -0.15) is 0 Å². The predicted octanol–water partition coefficient (Wildman–Crippen LogP) is 1.09. The lowest BCUT2D eigenvalue weighted by molar-refractivity contribution is 0.673. The summed E-state index contributed by atoms with van der Waals surface area (Å²) in [6.07, 6.45) is 1.18. The summed E-state index contributed by atoms with van der Waals surface area (Å²) in [5.41, 5.74) is 0. The van der Waals surface area contributed by atoms with Crippen molar-refractivity contribution in [2.45, 2.75) is 13.8 Å². The zero-order valence-corrected chi connectivity index (χ0v) is 8.63. The average Bonchev–Trinajstić information content (AvgIpc) is 1.84. The summed E-state index contributed by atoms with van der Waals surface area (Å²) in [7, 11) is -5.32. The van der Waals surface area contributed by atoms with E-state index in [0.717, 1.165) is 0 Å². The third-order valence-electron chi connectivity index (χ3n) is 1.18. The Morgan fingerprint density at radius 2 is 1.64 bits per heavy atom. The molecule has 0 aromatic carbocycles. The molecular formula is C5H14N2O2S2. The molecule has 0 fully saturated rings. The monoisotopic (exact) mass is 198 g/mol. The number of rotatable bonds is 3. The fraction of sp³-hybridized carbons (Fsp3) is 1.00. The lowest BCUT2D eigenvalue weighted by Gasteiger charge is -2.02. The lowest BCUT2D eigenvalue weighted by atomic mass is 11.0. The Bertz CT molecular complexity index is 312. The first-order valence-corrected chi connectivity index (χ1v) is 7.08. The maximum atomic E-state index is 11.5. The molecule has 11 heavy (non-hydrogen) atoms. The highest BCUT2D eigenvalue weighted by Gasteiger charge is 2.04. The highest BCUT2D eigenvalue weighted by Crippen LogP contribution is 2.00. The zero-order chi connectivity index (χ0) is 9.12. The highest BCUT2D eigenvalue weighted by molar-refractivity contribution is 8.03. The van der Waals surface area contributed by atoms with Gasteiger partial charge in [-0.25, -0.2) is 13.2 Å². The van der Waals surface area contributed by atoms with E-state index in [0.29, 0.717) is 11.5 Å². The summed E-state index contributed by atoms with van der Waals surface area (Å²) in [6.45, 7) is 3.45. The minimum absolute atomic E-state index is 0.368. The van der Waals surface area contributed by atoms with E-state index in [9.17, 15) is 8.42 Å². The van der Waals surface area contributed by atoms with E-state index in [1.807, 2.05) is 0 Å². The molecule has 68 valence electrons. The van der Waals surface area contributed by atoms with Crippen LogP contribution < -0.4 is 0 Å². The Hall–Kier alpha value is -0.100. The van der Waals surface area contributed by atoms with Crippen molar-refractivity contribution in [2.75, 3.05) is 17.8 Å². The molecule has 0 heterocycles. The van der Waals surface area contributed by atoms with Crippen molar-refractivity contribution in [3.05, 3.63) is 0 Å². The fourth-order valence-corrected chi connectivity index (χ4v) is 3.89. The molecule has 6 heteroatoms. The zero-order valence-electron chi connectivity index (χ0n) is 6.99. The van der Waals surface area contributed by atoms with Crippen molar-refractivity contribution < 1.29 is 8.42 Å². The molecule has 0 bridgehead atoms. The van der Waals surface area contributed by atoms with Crippen LogP contribution in [-0.4, -0.2) is 26.2 Å². The Kier molecular flexibility index (Phi) is 3.50. The van der Waals surface area contributed by atoms with Crippen LogP contribution >= 0.6 is 0 Å². The average molecular weight is 198 g/mol. The van der Waals surface area contributed by atoms with Crippen LogP contribution in [-0.2, 0) is 19.6 Å². The molecule has 4 nitrogen and oxygen atoms in total. The van der Waals surface area contributed by atoms with E-state index in [1.165, 1.54) is 6.26 Å². The standard InChI is InChI=1S/C5H14N2O2S2/c1-4-11(9,5-2)7-10(3,6)8/h6H,4-5H2,1-3H3. The van der Waals surface area contributed by atoms with Gasteiger partial charge in [0.05, 0.1) is 9.73 Å². The van der Waals surface area contributed by atoms with Gasteiger partial charge in [0.1, 0.15) is 0 Å². The first-order valence-electron chi connectivity index (χ1n) is 3.30. The van der Waals surface area contributed by atoms with E-state index in [4.69, 9.17) is 4.78 Å². The maximum absolute atomic E-state index is 11.5. The SMILES string of the molecule is CCS(=O)(CC)=NS(C)(=N)=O. The Morgan fingerprint density at radius 1 is 1.27 bits per heavy atom. The van der Waals surface area contributed by atoms with Crippen LogP contribution in [0.4, 0.5) is 0 Å². The fourth-order valence-electron chi connectivity index (χ4n) is 0.569. The largest absolute Gasteiger partial charge is 0.249 e. The molecule has 0 saturated heterocycles. The smallest absolute Gasteiger partial charge is 0.152 e. The van der Waals surface area contributed by atoms with Gasteiger partial charge in [0, 0.05) is 17.8 Å². The van der Waals surface area contributed by atoms with E-state index in [2.05, 4.69) is 3.77 Å². The normalized spacial score (nSPS) is 17.4. The van der Waals surface area contributed by atoms with Crippen molar-refractivity contribution in [1.82, 2.24) is 0 Å². The van der Waals surface area contributed by atoms with E-state index < -0.39 is 19.6 Å². The molecule has 0 aliphatic rings. The van der Waals surface area contributed by atoms with Gasteiger partial charge in [-0.15, -0.1) is 3.77 Å². The molecule has 0 aromatic heterocycles. The summed E-state index contributed by atoms with van der Waals surface area (Å²) in [6, 6.07) is 0. The second kappa shape index (κ2) is 3.53. The number of hydrogen-bond acceptors (Lipinski definition) is 3. The highest BCUT2D eigenvalue weighted by atomic mass is 32.3. The van der Waals surface area contributed by atoms with Gasteiger partial charge in [-0.3, -0.25) is 0 Å². The molecular weight excluding hydrogens is 184 g/mol. The molecule has 0 aromatic rings. The Balaban J connectivity index is 5.11. The van der Waals surface area contributed by atoms with Crippen LogP contribution in [0.1, 0.15) is 13.8 Å². The molecule has 0 amide bonds. The summed E-state index contributed by atoms with van der Waals surface area (Å²) >= 11 is 0. The topological polar surface area (TPSA) is 70.3 Å². The summed E-state index contributed by atoms with van der Waals surface area (Å²) in [5.74, 6) is 0.737. The molecule has 0 rings (SSSR count). The molecule has 0 saturated carbocycles. The third kappa shape index (κ3) is 4.36. The Labute approximate surface area is 68.7 Å². The number of nitrogens with zero attached hydrogens (tertiary/aromatic N) is 1. The van der Waals surface area contributed by atoms with E-state index in [-0.39, 0.29) is 0 Å². The lowest BCUT2D eigenvalue weighted by Crippen LogP contribution is -2.08. The van der Waals surface area contributed by atoms with Crippen LogP contribution in [0.3, 0.4) is 0 Å². The van der Waals surface area contributed by atoms with E-state index >= 15 is 0 Å². The minimum atomic E-state index is -2.96. The van der Waals surface area contributed by atoms with Gasteiger partial charge >= 0.3 is 0 Å². The third-order valence-corrected chi connectivity index (χ3v) is 5.21. The molecule has 1 unspecified atom stereocenters.